The largest absolute Gasteiger partial charge is 0.493 e. The van der Waals surface area contributed by atoms with Gasteiger partial charge in [0.15, 0.2) is 0 Å². The summed E-state index contributed by atoms with van der Waals surface area (Å²) in [6.45, 7) is 6.45. The third kappa shape index (κ3) is 2.95. The van der Waals surface area contributed by atoms with Gasteiger partial charge in [-0.05, 0) is 50.0 Å². The molecule has 2 N–H and O–H groups in total. The highest BCUT2D eigenvalue weighted by atomic mass is 35.5. The van der Waals surface area contributed by atoms with Crippen LogP contribution in [0, 0.1) is 11.8 Å². The van der Waals surface area contributed by atoms with Crippen molar-refractivity contribution in [3.05, 3.63) is 28.8 Å². The first-order valence-electron chi connectivity index (χ1n) is 7.53. The Balaban J connectivity index is 1.67. The molecule has 2 unspecified atom stereocenters. The lowest BCUT2D eigenvalue weighted by Gasteiger charge is -2.37. The third-order valence-electron chi connectivity index (χ3n) is 4.66. The molecule has 0 bridgehead atoms. The minimum absolute atomic E-state index is 0.0248. The maximum atomic E-state index is 6.44. The van der Waals surface area contributed by atoms with Gasteiger partial charge < -0.3 is 15.4 Å². The zero-order chi connectivity index (χ0) is 14.1. The number of fused-ring (bicyclic) bond motifs is 1. The van der Waals surface area contributed by atoms with Gasteiger partial charge in [-0.3, -0.25) is 0 Å². The van der Waals surface area contributed by atoms with Crippen LogP contribution in [0.2, 0.25) is 5.02 Å². The van der Waals surface area contributed by atoms with Crippen molar-refractivity contribution in [1.82, 2.24) is 4.90 Å². The summed E-state index contributed by atoms with van der Waals surface area (Å²) in [6, 6.07) is 5.76. The van der Waals surface area contributed by atoms with E-state index < -0.39 is 0 Å². The Labute approximate surface area is 126 Å². The van der Waals surface area contributed by atoms with Crippen molar-refractivity contribution in [3.8, 4) is 5.75 Å². The lowest BCUT2D eigenvalue weighted by Crippen LogP contribution is -2.43. The van der Waals surface area contributed by atoms with Crippen molar-refractivity contribution in [2.45, 2.75) is 25.8 Å². The van der Waals surface area contributed by atoms with Crippen LogP contribution in [0.25, 0.3) is 0 Å². The molecule has 0 saturated carbocycles. The Bertz CT molecular complexity index is 472. The van der Waals surface area contributed by atoms with Gasteiger partial charge in [0, 0.05) is 29.1 Å². The van der Waals surface area contributed by atoms with E-state index in [4.69, 9.17) is 22.1 Å². The molecule has 2 aliphatic heterocycles. The zero-order valence-electron chi connectivity index (χ0n) is 12.0. The van der Waals surface area contributed by atoms with Crippen molar-refractivity contribution in [2.75, 3.05) is 26.2 Å². The van der Waals surface area contributed by atoms with Gasteiger partial charge in [0.1, 0.15) is 5.75 Å². The van der Waals surface area contributed by atoms with E-state index in [9.17, 15) is 0 Å². The Morgan fingerprint density at radius 2 is 2.10 bits per heavy atom. The van der Waals surface area contributed by atoms with Gasteiger partial charge in [0.2, 0.25) is 0 Å². The molecule has 20 heavy (non-hydrogen) atoms. The Morgan fingerprint density at radius 3 is 2.85 bits per heavy atom. The lowest BCUT2D eigenvalue weighted by molar-refractivity contribution is 0.114. The fraction of sp³-hybridized carbons (Fsp3) is 0.625. The van der Waals surface area contributed by atoms with Gasteiger partial charge in [-0.2, -0.15) is 0 Å². The molecule has 3 nitrogen and oxygen atoms in total. The molecular weight excluding hydrogens is 272 g/mol. The Hall–Kier alpha value is -0.770. The van der Waals surface area contributed by atoms with E-state index in [1.165, 1.54) is 25.9 Å². The van der Waals surface area contributed by atoms with Crippen LogP contribution in [0.15, 0.2) is 18.2 Å². The number of piperidine rings is 1. The van der Waals surface area contributed by atoms with Crippen LogP contribution in [-0.2, 0) is 0 Å². The predicted octanol–water partition coefficient (Wildman–Crippen LogP) is 3.08. The lowest BCUT2D eigenvalue weighted by atomic mass is 9.90. The normalized spacial score (nSPS) is 27.9. The number of nitrogens with two attached hydrogens (primary N) is 1. The van der Waals surface area contributed by atoms with Crippen LogP contribution < -0.4 is 10.5 Å². The maximum absolute atomic E-state index is 6.44. The summed E-state index contributed by atoms with van der Waals surface area (Å²) < 4.78 is 5.86. The second kappa shape index (κ2) is 5.92. The van der Waals surface area contributed by atoms with Gasteiger partial charge in [0.05, 0.1) is 6.61 Å². The summed E-state index contributed by atoms with van der Waals surface area (Å²) in [5.74, 6) is 2.11. The standard InChI is InChI=1S/C16H23ClN2O/c1-11-4-6-19(7-5-11)9-12-10-20-15-3-2-13(17)8-14(15)16(12)18/h2-3,8,11-12,16H,4-7,9-10,18H2,1H3. The van der Waals surface area contributed by atoms with Crippen LogP contribution in [0.1, 0.15) is 31.4 Å². The average molecular weight is 295 g/mol. The minimum atomic E-state index is 0.0248. The number of hydrogen-bond donors (Lipinski definition) is 1. The number of likely N-dealkylation sites (tertiary alicyclic amines) is 1. The number of nitrogens with zero attached hydrogens (tertiary/aromatic N) is 1. The van der Waals surface area contributed by atoms with E-state index in [2.05, 4.69) is 11.8 Å². The number of benzene rings is 1. The van der Waals surface area contributed by atoms with Crippen LogP contribution in [0.4, 0.5) is 0 Å². The molecule has 0 radical (unpaired) electrons. The van der Waals surface area contributed by atoms with Crippen LogP contribution in [0.3, 0.4) is 0 Å². The summed E-state index contributed by atoms with van der Waals surface area (Å²) >= 11 is 6.08. The van der Waals surface area contributed by atoms with Crippen molar-refractivity contribution in [2.24, 2.45) is 17.6 Å². The SMILES string of the molecule is CC1CCN(CC2COc3ccc(Cl)cc3C2N)CC1. The molecule has 4 heteroatoms. The number of ether oxygens (including phenoxy) is 1. The molecule has 1 fully saturated rings. The number of hydrogen-bond acceptors (Lipinski definition) is 3. The second-order valence-corrected chi connectivity index (χ2v) is 6.70. The van der Waals surface area contributed by atoms with E-state index in [0.717, 1.165) is 28.8 Å². The average Bonchev–Trinajstić information content (AvgIpc) is 2.45. The Kier molecular flexibility index (Phi) is 4.20. The van der Waals surface area contributed by atoms with Crippen molar-refractivity contribution in [3.63, 3.8) is 0 Å². The molecule has 0 spiro atoms. The highest BCUT2D eigenvalue weighted by Gasteiger charge is 2.30. The van der Waals surface area contributed by atoms with Gasteiger partial charge in [-0.15, -0.1) is 0 Å². The zero-order valence-corrected chi connectivity index (χ0v) is 12.8. The summed E-state index contributed by atoms with van der Waals surface area (Å²) in [5.41, 5.74) is 7.49. The van der Waals surface area contributed by atoms with E-state index in [1.54, 1.807) is 0 Å². The first-order valence-corrected chi connectivity index (χ1v) is 7.91. The molecule has 0 amide bonds. The third-order valence-corrected chi connectivity index (χ3v) is 4.90. The van der Waals surface area contributed by atoms with Crippen molar-refractivity contribution < 1.29 is 4.74 Å². The van der Waals surface area contributed by atoms with E-state index in [1.807, 2.05) is 18.2 Å². The highest BCUT2D eigenvalue weighted by molar-refractivity contribution is 6.30. The minimum Gasteiger partial charge on any atom is -0.493 e. The molecule has 1 aromatic rings. The fourth-order valence-corrected chi connectivity index (χ4v) is 3.39. The summed E-state index contributed by atoms with van der Waals surface area (Å²) in [5, 5.41) is 0.732. The molecule has 2 atom stereocenters. The molecule has 2 aliphatic rings. The van der Waals surface area contributed by atoms with Gasteiger partial charge in [-0.25, -0.2) is 0 Å². The van der Waals surface area contributed by atoms with Crippen LogP contribution >= 0.6 is 11.6 Å². The van der Waals surface area contributed by atoms with E-state index >= 15 is 0 Å². The fourth-order valence-electron chi connectivity index (χ4n) is 3.21. The first-order chi connectivity index (χ1) is 9.63. The maximum Gasteiger partial charge on any atom is 0.124 e. The topological polar surface area (TPSA) is 38.5 Å². The second-order valence-electron chi connectivity index (χ2n) is 6.26. The first kappa shape index (κ1) is 14.2. The Morgan fingerprint density at radius 1 is 1.35 bits per heavy atom. The van der Waals surface area contributed by atoms with Crippen LogP contribution in [0.5, 0.6) is 5.75 Å². The molecular formula is C16H23ClN2O. The molecule has 0 aliphatic carbocycles. The number of rotatable bonds is 2. The molecule has 3 rings (SSSR count). The van der Waals surface area contributed by atoms with Gasteiger partial charge >= 0.3 is 0 Å². The molecule has 0 aromatic heterocycles. The van der Waals surface area contributed by atoms with Crippen LogP contribution in [-0.4, -0.2) is 31.1 Å². The quantitative estimate of drug-likeness (QED) is 0.911. The van der Waals surface area contributed by atoms with E-state index in [0.29, 0.717) is 12.5 Å². The molecule has 1 saturated heterocycles. The smallest absolute Gasteiger partial charge is 0.124 e. The number of halogens is 1. The summed E-state index contributed by atoms with van der Waals surface area (Å²) in [7, 11) is 0. The summed E-state index contributed by atoms with van der Waals surface area (Å²) in [4.78, 5) is 2.53. The van der Waals surface area contributed by atoms with Gasteiger partial charge in [0.25, 0.3) is 0 Å². The van der Waals surface area contributed by atoms with Crippen molar-refractivity contribution in [1.29, 1.82) is 0 Å². The highest BCUT2D eigenvalue weighted by Crippen LogP contribution is 2.36. The molecule has 110 valence electrons. The van der Waals surface area contributed by atoms with E-state index in [-0.39, 0.29) is 6.04 Å². The monoisotopic (exact) mass is 294 g/mol. The van der Waals surface area contributed by atoms with Gasteiger partial charge in [-0.1, -0.05) is 18.5 Å². The summed E-state index contributed by atoms with van der Waals surface area (Å²) in [6.07, 6.45) is 2.59. The predicted molar refractivity (Wildman–Crippen MR) is 82.2 cm³/mol. The van der Waals surface area contributed by atoms with Crippen molar-refractivity contribution >= 4 is 11.6 Å². The molecule has 1 aromatic carbocycles. The molecule has 2 heterocycles.